The molecule has 1 amide bonds. The molecule has 0 unspecified atom stereocenters. The van der Waals surface area contributed by atoms with E-state index in [1.54, 1.807) is 18.2 Å². The van der Waals surface area contributed by atoms with Crippen LogP contribution in [0.25, 0.3) is 0 Å². The van der Waals surface area contributed by atoms with Crippen LogP contribution in [0.1, 0.15) is 34.7 Å². The van der Waals surface area contributed by atoms with E-state index in [-0.39, 0.29) is 5.91 Å². The molecule has 0 atom stereocenters. The highest BCUT2D eigenvalue weighted by Crippen LogP contribution is 2.29. The summed E-state index contributed by atoms with van der Waals surface area (Å²) >= 11 is 6.05. The maximum Gasteiger partial charge on any atom is 0.258 e. The number of likely N-dealkylation sites (tertiary alicyclic amines) is 1. The zero-order chi connectivity index (χ0) is 15.5. The summed E-state index contributed by atoms with van der Waals surface area (Å²) < 4.78 is 0. The van der Waals surface area contributed by atoms with E-state index in [1.807, 2.05) is 18.3 Å². The molecule has 22 heavy (non-hydrogen) atoms. The van der Waals surface area contributed by atoms with Crippen LogP contribution in [-0.2, 0) is 0 Å². The van der Waals surface area contributed by atoms with E-state index in [0.29, 0.717) is 16.5 Å². The van der Waals surface area contributed by atoms with Gasteiger partial charge in [-0.15, -0.1) is 0 Å². The fraction of sp³-hybridized carbons (Fsp3) is 0.353. The fourth-order valence-electron chi connectivity index (χ4n) is 2.90. The molecule has 2 N–H and O–H groups in total. The Labute approximate surface area is 135 Å². The lowest BCUT2D eigenvalue weighted by Crippen LogP contribution is -2.29. The second-order valence-corrected chi connectivity index (χ2v) is 6.27. The number of aromatic amines is 1. The largest absolute Gasteiger partial charge is 0.348 e. The van der Waals surface area contributed by atoms with Gasteiger partial charge >= 0.3 is 0 Å². The van der Waals surface area contributed by atoms with Crippen molar-refractivity contribution < 1.29 is 4.79 Å². The van der Waals surface area contributed by atoms with E-state index in [9.17, 15) is 4.79 Å². The molecule has 1 aliphatic rings. The summed E-state index contributed by atoms with van der Waals surface area (Å²) in [6.07, 6.45) is 4.32. The van der Waals surface area contributed by atoms with Gasteiger partial charge in [0.2, 0.25) is 0 Å². The Kier molecular flexibility index (Phi) is 4.50. The van der Waals surface area contributed by atoms with Gasteiger partial charge in [-0.3, -0.25) is 4.79 Å². The first kappa shape index (κ1) is 15.1. The van der Waals surface area contributed by atoms with Crippen LogP contribution in [-0.4, -0.2) is 35.9 Å². The highest BCUT2D eigenvalue weighted by Gasteiger charge is 2.20. The minimum absolute atomic E-state index is 0.192. The van der Waals surface area contributed by atoms with Crippen LogP contribution in [0.3, 0.4) is 0 Å². The smallest absolute Gasteiger partial charge is 0.258 e. The third kappa shape index (κ3) is 3.34. The molecular formula is C17H20ClN3O. The normalized spacial score (nSPS) is 16.6. The molecular weight excluding hydrogens is 298 g/mol. The Balaban J connectivity index is 1.67. The number of nitrogens with zero attached hydrogens (tertiary/aromatic N) is 1. The quantitative estimate of drug-likeness (QED) is 0.906. The molecule has 116 valence electrons. The van der Waals surface area contributed by atoms with Crippen molar-refractivity contribution in [3.05, 3.63) is 52.7 Å². The number of aromatic nitrogens is 1. The summed E-state index contributed by atoms with van der Waals surface area (Å²) in [5.74, 6) is 1.10. The van der Waals surface area contributed by atoms with Crippen LogP contribution in [0.5, 0.6) is 0 Å². The number of hydrogen-bond acceptors (Lipinski definition) is 2. The molecule has 0 spiro atoms. The molecule has 3 rings (SSSR count). The number of anilines is 1. The Morgan fingerprint density at radius 1 is 1.32 bits per heavy atom. The Bertz CT molecular complexity index is 659. The van der Waals surface area contributed by atoms with E-state index in [4.69, 9.17) is 11.6 Å². The van der Waals surface area contributed by atoms with Crippen LogP contribution in [0.4, 0.5) is 5.82 Å². The number of piperidine rings is 1. The number of carbonyl (C=O) groups is 1. The van der Waals surface area contributed by atoms with Gasteiger partial charge in [-0.1, -0.05) is 23.7 Å². The molecule has 0 aliphatic carbocycles. The number of carbonyl (C=O) groups excluding carboxylic acids is 1. The predicted octanol–water partition coefficient (Wildman–Crippen LogP) is 3.73. The molecule has 1 aromatic carbocycles. The second kappa shape index (κ2) is 6.55. The van der Waals surface area contributed by atoms with Gasteiger partial charge in [-0.2, -0.15) is 0 Å². The summed E-state index contributed by atoms with van der Waals surface area (Å²) in [5, 5.41) is 3.34. The van der Waals surface area contributed by atoms with E-state index in [0.717, 1.165) is 31.7 Å². The van der Waals surface area contributed by atoms with Crippen molar-refractivity contribution in [2.24, 2.45) is 0 Å². The van der Waals surface area contributed by atoms with Gasteiger partial charge in [0.1, 0.15) is 5.82 Å². The number of rotatable bonds is 3. The minimum Gasteiger partial charge on any atom is -0.348 e. The van der Waals surface area contributed by atoms with Crippen LogP contribution < -0.4 is 5.32 Å². The van der Waals surface area contributed by atoms with Gasteiger partial charge < -0.3 is 15.2 Å². The number of H-pyrrole nitrogens is 1. The number of halogens is 1. The SMILES string of the molecule is CN1CCC(c2c[nH]c(NC(=O)c3ccccc3Cl)c2)CC1. The minimum atomic E-state index is -0.192. The first-order chi connectivity index (χ1) is 10.6. The van der Waals surface area contributed by atoms with Crippen molar-refractivity contribution in [2.75, 3.05) is 25.5 Å². The van der Waals surface area contributed by atoms with E-state index in [1.165, 1.54) is 5.56 Å². The highest BCUT2D eigenvalue weighted by molar-refractivity contribution is 6.34. The predicted molar refractivity (Wildman–Crippen MR) is 89.7 cm³/mol. The average Bonchev–Trinajstić information content (AvgIpc) is 2.97. The van der Waals surface area contributed by atoms with Gasteiger partial charge in [-0.25, -0.2) is 0 Å². The zero-order valence-corrected chi connectivity index (χ0v) is 13.4. The summed E-state index contributed by atoms with van der Waals surface area (Å²) in [6.45, 7) is 2.24. The van der Waals surface area contributed by atoms with Gasteiger partial charge in [-0.05, 0) is 62.7 Å². The van der Waals surface area contributed by atoms with Crippen LogP contribution in [0, 0.1) is 0 Å². The van der Waals surface area contributed by atoms with Gasteiger partial charge in [0.05, 0.1) is 10.6 Å². The molecule has 0 bridgehead atoms. The first-order valence-electron chi connectivity index (χ1n) is 7.56. The molecule has 0 radical (unpaired) electrons. The lowest BCUT2D eigenvalue weighted by atomic mass is 9.91. The van der Waals surface area contributed by atoms with Gasteiger partial charge in [0.15, 0.2) is 0 Å². The van der Waals surface area contributed by atoms with Crippen LogP contribution >= 0.6 is 11.6 Å². The second-order valence-electron chi connectivity index (χ2n) is 5.86. The standard InChI is InChI=1S/C17H20ClN3O/c1-21-8-6-12(7-9-21)13-10-16(19-11-13)20-17(22)14-4-2-3-5-15(14)18/h2-5,10-12,19H,6-9H2,1H3,(H,20,22). The van der Waals surface area contributed by atoms with Gasteiger partial charge in [0, 0.05) is 6.20 Å². The molecule has 5 heteroatoms. The van der Waals surface area contributed by atoms with Crippen LogP contribution in [0.15, 0.2) is 36.5 Å². The summed E-state index contributed by atoms with van der Waals surface area (Å²) in [6, 6.07) is 9.09. The topological polar surface area (TPSA) is 48.1 Å². The van der Waals surface area contributed by atoms with Crippen molar-refractivity contribution in [1.29, 1.82) is 0 Å². The van der Waals surface area contributed by atoms with Crippen LogP contribution in [0.2, 0.25) is 5.02 Å². The maximum atomic E-state index is 12.2. The Morgan fingerprint density at radius 2 is 2.05 bits per heavy atom. The third-order valence-corrected chi connectivity index (χ3v) is 4.59. The maximum absolute atomic E-state index is 12.2. The van der Waals surface area contributed by atoms with Crippen molar-refractivity contribution in [3.63, 3.8) is 0 Å². The monoisotopic (exact) mass is 317 g/mol. The lowest BCUT2D eigenvalue weighted by Gasteiger charge is -2.28. The number of benzene rings is 1. The lowest BCUT2D eigenvalue weighted by molar-refractivity contribution is 0.102. The Morgan fingerprint density at radius 3 is 2.77 bits per heavy atom. The summed E-state index contributed by atoms with van der Waals surface area (Å²) in [7, 11) is 2.16. The van der Waals surface area contributed by atoms with E-state index in [2.05, 4.69) is 22.2 Å². The molecule has 1 aliphatic heterocycles. The Hall–Kier alpha value is -1.78. The summed E-state index contributed by atoms with van der Waals surface area (Å²) in [4.78, 5) is 17.7. The number of amides is 1. The molecule has 1 aromatic heterocycles. The molecule has 2 heterocycles. The average molecular weight is 318 g/mol. The van der Waals surface area contributed by atoms with Gasteiger partial charge in [0.25, 0.3) is 5.91 Å². The molecule has 0 saturated carbocycles. The van der Waals surface area contributed by atoms with E-state index < -0.39 is 0 Å². The van der Waals surface area contributed by atoms with Crippen molar-refractivity contribution in [3.8, 4) is 0 Å². The van der Waals surface area contributed by atoms with Crippen molar-refractivity contribution in [2.45, 2.75) is 18.8 Å². The van der Waals surface area contributed by atoms with Crippen molar-refractivity contribution >= 4 is 23.3 Å². The summed E-state index contributed by atoms with van der Waals surface area (Å²) in [5.41, 5.74) is 1.75. The molecule has 1 saturated heterocycles. The first-order valence-corrected chi connectivity index (χ1v) is 7.94. The third-order valence-electron chi connectivity index (χ3n) is 4.26. The highest BCUT2D eigenvalue weighted by atomic mass is 35.5. The van der Waals surface area contributed by atoms with E-state index >= 15 is 0 Å². The molecule has 2 aromatic rings. The fourth-order valence-corrected chi connectivity index (χ4v) is 3.12. The van der Waals surface area contributed by atoms with Crippen molar-refractivity contribution in [1.82, 2.24) is 9.88 Å². The molecule has 1 fully saturated rings. The zero-order valence-electron chi connectivity index (χ0n) is 12.6. The molecule has 4 nitrogen and oxygen atoms in total. The number of hydrogen-bond donors (Lipinski definition) is 2. The number of nitrogens with one attached hydrogen (secondary N) is 2.